The first-order valence-corrected chi connectivity index (χ1v) is 9.77. The van der Waals surface area contributed by atoms with Gasteiger partial charge in [-0.05, 0) is 31.0 Å². The molecule has 5 rings (SSSR count). The SMILES string of the molecule is Cn1ncc2c(=O)[nH]c(N3CCCC3Cn3nc(-c4ccncc4)ccc3=O)nc21. The van der Waals surface area contributed by atoms with Gasteiger partial charge in [0.1, 0.15) is 5.39 Å². The zero-order chi connectivity index (χ0) is 20.7. The number of pyridine rings is 1. The molecule has 1 fully saturated rings. The lowest BCUT2D eigenvalue weighted by molar-refractivity contribution is 0.487. The Kier molecular flexibility index (Phi) is 4.38. The van der Waals surface area contributed by atoms with Crippen molar-refractivity contribution >= 4 is 17.0 Å². The molecule has 1 aliphatic heterocycles. The van der Waals surface area contributed by atoms with Crippen molar-refractivity contribution in [3.63, 3.8) is 0 Å². The second-order valence-electron chi connectivity index (χ2n) is 7.36. The second kappa shape index (κ2) is 7.21. The molecule has 0 aliphatic carbocycles. The molecule has 30 heavy (non-hydrogen) atoms. The molecular formula is C20H20N8O2. The summed E-state index contributed by atoms with van der Waals surface area (Å²) in [6.45, 7) is 1.15. The van der Waals surface area contributed by atoms with E-state index in [1.807, 2.05) is 17.0 Å². The zero-order valence-electron chi connectivity index (χ0n) is 16.4. The standard InChI is InChI=1S/C20H20N8O2/c1-26-18-15(11-22-26)19(30)24-20(23-18)27-10-2-3-14(27)12-28-17(29)5-4-16(25-28)13-6-8-21-9-7-13/h4-9,11,14H,2-3,10,12H2,1H3,(H,23,24,30). The molecule has 1 saturated heterocycles. The molecule has 10 nitrogen and oxygen atoms in total. The summed E-state index contributed by atoms with van der Waals surface area (Å²) in [5.41, 5.74) is 1.76. The van der Waals surface area contributed by atoms with Crippen molar-refractivity contribution in [3.8, 4) is 11.3 Å². The molecule has 1 atom stereocenters. The molecule has 0 saturated carbocycles. The fourth-order valence-corrected chi connectivity index (χ4v) is 3.92. The number of nitrogens with zero attached hydrogens (tertiary/aromatic N) is 7. The maximum Gasteiger partial charge on any atom is 0.266 e. The van der Waals surface area contributed by atoms with Crippen LogP contribution < -0.4 is 16.0 Å². The van der Waals surface area contributed by atoms with Crippen LogP contribution in [0.2, 0.25) is 0 Å². The molecular weight excluding hydrogens is 384 g/mol. The van der Waals surface area contributed by atoms with Gasteiger partial charge in [0, 0.05) is 37.6 Å². The summed E-state index contributed by atoms with van der Waals surface area (Å²) in [7, 11) is 1.76. The van der Waals surface area contributed by atoms with E-state index in [-0.39, 0.29) is 17.2 Å². The Balaban J connectivity index is 1.47. The number of aromatic nitrogens is 7. The van der Waals surface area contributed by atoms with E-state index in [0.717, 1.165) is 24.9 Å². The monoisotopic (exact) mass is 404 g/mol. The minimum atomic E-state index is -0.219. The molecule has 5 heterocycles. The van der Waals surface area contributed by atoms with Crippen LogP contribution in [-0.2, 0) is 13.6 Å². The first-order chi connectivity index (χ1) is 14.6. The highest BCUT2D eigenvalue weighted by molar-refractivity contribution is 5.74. The van der Waals surface area contributed by atoms with E-state index in [0.29, 0.717) is 29.2 Å². The topological polar surface area (TPSA) is 115 Å². The fourth-order valence-electron chi connectivity index (χ4n) is 3.92. The predicted molar refractivity (Wildman–Crippen MR) is 111 cm³/mol. The summed E-state index contributed by atoms with van der Waals surface area (Å²) in [5, 5.41) is 9.13. The molecule has 0 spiro atoms. The minimum Gasteiger partial charge on any atom is -0.337 e. The quantitative estimate of drug-likeness (QED) is 0.538. The molecule has 0 aromatic carbocycles. The third kappa shape index (κ3) is 3.15. The van der Waals surface area contributed by atoms with Crippen LogP contribution in [0.1, 0.15) is 12.8 Å². The Morgan fingerprint density at radius 2 is 2.00 bits per heavy atom. The highest BCUT2D eigenvalue weighted by atomic mass is 16.1. The van der Waals surface area contributed by atoms with E-state index >= 15 is 0 Å². The van der Waals surface area contributed by atoms with Gasteiger partial charge in [0.05, 0.1) is 24.5 Å². The highest BCUT2D eigenvalue weighted by Gasteiger charge is 2.28. The first kappa shape index (κ1) is 18.2. The maximum atomic E-state index is 12.5. The molecule has 4 aromatic heterocycles. The maximum absolute atomic E-state index is 12.5. The summed E-state index contributed by atoms with van der Waals surface area (Å²) in [6.07, 6.45) is 6.72. The Morgan fingerprint density at radius 3 is 2.83 bits per heavy atom. The number of aryl methyl sites for hydroxylation is 1. The molecule has 1 N–H and O–H groups in total. The number of rotatable bonds is 4. The lowest BCUT2D eigenvalue weighted by Crippen LogP contribution is -2.38. The van der Waals surface area contributed by atoms with Gasteiger partial charge in [0.2, 0.25) is 5.95 Å². The molecule has 10 heteroatoms. The first-order valence-electron chi connectivity index (χ1n) is 9.77. The van der Waals surface area contributed by atoms with Crippen LogP contribution >= 0.6 is 0 Å². The van der Waals surface area contributed by atoms with Crippen LogP contribution in [0.15, 0.2) is 52.4 Å². The lowest BCUT2D eigenvalue weighted by Gasteiger charge is -2.25. The second-order valence-corrected chi connectivity index (χ2v) is 7.36. The zero-order valence-corrected chi connectivity index (χ0v) is 16.4. The minimum absolute atomic E-state index is 0.00304. The van der Waals surface area contributed by atoms with Crippen LogP contribution in [0.4, 0.5) is 5.95 Å². The van der Waals surface area contributed by atoms with E-state index in [2.05, 4.69) is 25.1 Å². The molecule has 4 aromatic rings. The van der Waals surface area contributed by atoms with Gasteiger partial charge in [-0.15, -0.1) is 0 Å². The number of aromatic amines is 1. The molecule has 1 unspecified atom stereocenters. The van der Waals surface area contributed by atoms with E-state index < -0.39 is 0 Å². The van der Waals surface area contributed by atoms with Gasteiger partial charge in [-0.2, -0.15) is 15.2 Å². The average Bonchev–Trinajstić information content (AvgIpc) is 3.37. The van der Waals surface area contributed by atoms with Crippen molar-refractivity contribution in [1.82, 2.24) is 34.5 Å². The van der Waals surface area contributed by atoms with Crippen molar-refractivity contribution in [2.24, 2.45) is 7.05 Å². The Bertz CT molecular complexity index is 1320. The van der Waals surface area contributed by atoms with Gasteiger partial charge in [-0.1, -0.05) is 0 Å². The van der Waals surface area contributed by atoms with Crippen molar-refractivity contribution in [3.05, 3.63) is 63.6 Å². The number of nitrogens with one attached hydrogen (secondary N) is 1. The Hall–Kier alpha value is -3.82. The van der Waals surface area contributed by atoms with E-state index in [1.165, 1.54) is 16.9 Å². The van der Waals surface area contributed by atoms with Crippen molar-refractivity contribution in [2.75, 3.05) is 11.4 Å². The van der Waals surface area contributed by atoms with E-state index in [9.17, 15) is 9.59 Å². The normalized spacial score (nSPS) is 16.4. The van der Waals surface area contributed by atoms with Crippen LogP contribution in [0.3, 0.4) is 0 Å². The summed E-state index contributed by atoms with van der Waals surface area (Å²) in [5.74, 6) is 0.497. The van der Waals surface area contributed by atoms with E-state index in [1.54, 1.807) is 30.2 Å². The number of anilines is 1. The third-order valence-electron chi connectivity index (χ3n) is 5.46. The fraction of sp³-hybridized carbons (Fsp3) is 0.300. The van der Waals surface area contributed by atoms with E-state index in [4.69, 9.17) is 0 Å². The Labute approximate surface area is 170 Å². The van der Waals surface area contributed by atoms with Gasteiger partial charge in [0.15, 0.2) is 5.65 Å². The summed E-state index contributed by atoms with van der Waals surface area (Å²) >= 11 is 0. The predicted octanol–water partition coefficient (Wildman–Crippen LogP) is 0.944. The Morgan fingerprint density at radius 1 is 1.17 bits per heavy atom. The van der Waals surface area contributed by atoms with Gasteiger partial charge in [-0.25, -0.2) is 4.68 Å². The van der Waals surface area contributed by atoms with Crippen molar-refractivity contribution < 1.29 is 0 Å². The molecule has 0 radical (unpaired) electrons. The molecule has 0 amide bonds. The largest absolute Gasteiger partial charge is 0.337 e. The van der Waals surface area contributed by atoms with Gasteiger partial charge < -0.3 is 4.90 Å². The molecule has 0 bridgehead atoms. The van der Waals surface area contributed by atoms with Crippen LogP contribution in [0, 0.1) is 0 Å². The summed E-state index contributed by atoms with van der Waals surface area (Å²) < 4.78 is 3.07. The molecule has 152 valence electrons. The average molecular weight is 404 g/mol. The van der Waals surface area contributed by atoms with Crippen molar-refractivity contribution in [2.45, 2.75) is 25.4 Å². The summed E-state index contributed by atoms with van der Waals surface area (Å²) in [6, 6.07) is 6.96. The lowest BCUT2D eigenvalue weighted by atomic mass is 10.2. The third-order valence-corrected chi connectivity index (χ3v) is 5.46. The van der Waals surface area contributed by atoms with Crippen LogP contribution in [0.25, 0.3) is 22.3 Å². The van der Waals surface area contributed by atoms with Gasteiger partial charge >= 0.3 is 0 Å². The smallest absolute Gasteiger partial charge is 0.266 e. The van der Waals surface area contributed by atoms with Crippen molar-refractivity contribution in [1.29, 1.82) is 0 Å². The number of hydrogen-bond donors (Lipinski definition) is 1. The summed E-state index contributed by atoms with van der Waals surface area (Å²) in [4.78, 5) is 38.4. The molecule has 1 aliphatic rings. The number of H-pyrrole nitrogens is 1. The van der Waals surface area contributed by atoms with Gasteiger partial charge in [0.25, 0.3) is 11.1 Å². The number of fused-ring (bicyclic) bond motifs is 1. The van der Waals surface area contributed by atoms with Crippen LogP contribution in [-0.4, -0.2) is 47.1 Å². The highest BCUT2D eigenvalue weighted by Crippen LogP contribution is 2.24. The van der Waals surface area contributed by atoms with Crippen LogP contribution in [0.5, 0.6) is 0 Å². The number of hydrogen-bond acceptors (Lipinski definition) is 7. The van der Waals surface area contributed by atoms with Gasteiger partial charge in [-0.3, -0.25) is 24.2 Å².